The number of aromatic nitrogens is 1. The van der Waals surface area contributed by atoms with Crippen LogP contribution in [0, 0.1) is 0 Å². The van der Waals surface area contributed by atoms with Crippen LogP contribution in [-0.2, 0) is 22.3 Å². The van der Waals surface area contributed by atoms with Crippen LogP contribution in [0.25, 0.3) is 11.1 Å². The lowest BCUT2D eigenvalue weighted by atomic mass is 10.0. The summed E-state index contributed by atoms with van der Waals surface area (Å²) in [6.45, 7) is 8.80. The molecule has 3 heterocycles. The number of hydrogen-bond acceptors (Lipinski definition) is 8. The van der Waals surface area contributed by atoms with E-state index in [-0.39, 0.29) is 11.8 Å². The van der Waals surface area contributed by atoms with Gasteiger partial charge in [-0.25, -0.2) is 0 Å². The lowest BCUT2D eigenvalue weighted by Gasteiger charge is -2.35. The zero-order valence-electron chi connectivity index (χ0n) is 35.1. The fourth-order valence-electron chi connectivity index (χ4n) is 7.94. The van der Waals surface area contributed by atoms with Crippen molar-refractivity contribution < 1.29 is 27.6 Å². The number of aromatic amines is 1. The van der Waals surface area contributed by atoms with Crippen molar-refractivity contribution in [1.29, 1.82) is 0 Å². The first-order chi connectivity index (χ1) is 28.9. The van der Waals surface area contributed by atoms with Crippen LogP contribution in [0.2, 0.25) is 0 Å². The number of nitrogens with two attached hydrogens (primary N) is 1. The van der Waals surface area contributed by atoms with Gasteiger partial charge in [0.15, 0.2) is 0 Å². The molecule has 2 aliphatic heterocycles. The second-order valence-electron chi connectivity index (χ2n) is 16.3. The summed E-state index contributed by atoms with van der Waals surface area (Å²) in [5.74, 6) is -1.05. The molecule has 3 amide bonds. The minimum absolute atomic E-state index is 0.123. The van der Waals surface area contributed by atoms with Crippen molar-refractivity contribution in [2.75, 3.05) is 82.7 Å². The first kappa shape index (κ1) is 46.3. The minimum Gasteiger partial charge on any atom is -0.370 e. The summed E-state index contributed by atoms with van der Waals surface area (Å²) >= 11 is 0. The van der Waals surface area contributed by atoms with Gasteiger partial charge < -0.3 is 31.2 Å². The van der Waals surface area contributed by atoms with Crippen molar-refractivity contribution in [1.82, 2.24) is 25.0 Å². The number of pyridine rings is 1. The molecule has 60 heavy (non-hydrogen) atoms. The van der Waals surface area contributed by atoms with Crippen molar-refractivity contribution >= 4 is 29.1 Å². The SMILES string of the molecule is CN1CCN(c2ccc(-c3cccc(CN4CCN(CCNC(=O)CCCCCCCCCCCCC(N)=O)CC4)c3)cc2NC(=O)c2c[nH]c(=O)cc2C(F)(F)F)CC1. The Morgan fingerprint density at radius 2 is 1.37 bits per heavy atom. The number of hydrogen-bond donors (Lipinski definition) is 4. The average molecular weight is 837 g/mol. The van der Waals surface area contributed by atoms with Crippen molar-refractivity contribution in [2.45, 2.75) is 89.8 Å². The number of likely N-dealkylation sites (N-methyl/N-ethyl adjacent to an activating group) is 1. The van der Waals surface area contributed by atoms with E-state index in [4.69, 9.17) is 5.73 Å². The number of nitrogens with one attached hydrogen (secondary N) is 3. The summed E-state index contributed by atoms with van der Waals surface area (Å²) < 4.78 is 41.6. The second-order valence-corrected chi connectivity index (χ2v) is 16.3. The maximum absolute atomic E-state index is 13.9. The van der Waals surface area contributed by atoms with Crippen LogP contribution in [-0.4, -0.2) is 110 Å². The van der Waals surface area contributed by atoms with Gasteiger partial charge in [0.25, 0.3) is 5.91 Å². The van der Waals surface area contributed by atoms with Crippen LogP contribution >= 0.6 is 0 Å². The summed E-state index contributed by atoms with van der Waals surface area (Å²) in [6.07, 6.45) is 8.14. The quantitative estimate of drug-likeness (QED) is 0.0844. The number of carbonyl (C=O) groups excluding carboxylic acids is 3. The predicted molar refractivity (Wildman–Crippen MR) is 231 cm³/mol. The number of piperazine rings is 2. The number of alkyl halides is 3. The molecule has 2 aromatic carbocycles. The zero-order valence-corrected chi connectivity index (χ0v) is 35.1. The maximum atomic E-state index is 13.9. The zero-order chi connectivity index (χ0) is 42.9. The van der Waals surface area contributed by atoms with Gasteiger partial charge in [-0.1, -0.05) is 75.6 Å². The van der Waals surface area contributed by atoms with Crippen LogP contribution in [0.5, 0.6) is 0 Å². The van der Waals surface area contributed by atoms with Gasteiger partial charge in [-0.05, 0) is 54.8 Å². The van der Waals surface area contributed by atoms with E-state index in [1.54, 1.807) is 0 Å². The summed E-state index contributed by atoms with van der Waals surface area (Å²) in [7, 11) is 2.03. The van der Waals surface area contributed by atoms with E-state index < -0.39 is 28.8 Å². The number of halogens is 3. The Morgan fingerprint density at radius 1 is 0.750 bits per heavy atom. The number of anilines is 2. The highest BCUT2D eigenvalue weighted by atomic mass is 19.4. The van der Waals surface area contributed by atoms with Gasteiger partial charge in [-0.2, -0.15) is 13.2 Å². The summed E-state index contributed by atoms with van der Waals surface area (Å²) in [4.78, 5) is 59.7. The van der Waals surface area contributed by atoms with Crippen molar-refractivity contribution in [3.63, 3.8) is 0 Å². The molecule has 12 nitrogen and oxygen atoms in total. The van der Waals surface area contributed by atoms with Crippen molar-refractivity contribution in [3.8, 4) is 11.1 Å². The topological polar surface area (TPSA) is 147 Å². The predicted octanol–water partition coefficient (Wildman–Crippen LogP) is 6.47. The first-order valence-electron chi connectivity index (χ1n) is 21.6. The monoisotopic (exact) mass is 836 g/mol. The average Bonchev–Trinajstić information content (AvgIpc) is 3.22. The number of primary amides is 1. The highest BCUT2D eigenvalue weighted by Crippen LogP contribution is 2.35. The van der Waals surface area contributed by atoms with Crippen molar-refractivity contribution in [3.05, 3.63) is 81.8 Å². The molecule has 0 atom stereocenters. The molecule has 5 N–H and O–H groups in total. The highest BCUT2D eigenvalue weighted by molar-refractivity contribution is 6.07. The Labute approximate surface area is 352 Å². The molecule has 0 spiro atoms. The smallest absolute Gasteiger partial charge is 0.370 e. The fraction of sp³-hybridized carbons (Fsp3) is 0.556. The maximum Gasteiger partial charge on any atom is 0.417 e. The molecule has 5 rings (SSSR count). The standard InChI is InChI=1S/C45H63F3N8O4/c1-53-21-27-56(28-22-53)40-18-17-36(30-39(40)52-44(60)37-32-51-43(59)31-38(37)45(46,47)48)35-14-12-13-34(29-35)33-55-25-23-54(24-26-55)20-19-50-42(58)16-11-9-7-5-3-2-4-6-8-10-15-41(49)57/h12-14,17-18,29-32H,2-11,15-16,19-28,33H2,1H3,(H2,49,57)(H,50,58)(H,51,59)(H,52,60). The molecule has 328 valence electrons. The Balaban J connectivity index is 1.06. The number of amides is 3. The first-order valence-corrected chi connectivity index (χ1v) is 21.6. The molecule has 1 aromatic heterocycles. The number of nitrogens with zero attached hydrogens (tertiary/aromatic N) is 4. The second kappa shape index (κ2) is 23.3. The molecule has 2 aliphatic rings. The van der Waals surface area contributed by atoms with Gasteiger partial charge in [-0.15, -0.1) is 0 Å². The van der Waals surface area contributed by atoms with Crippen LogP contribution < -0.4 is 26.8 Å². The van der Waals surface area contributed by atoms with Crippen LogP contribution in [0.3, 0.4) is 0 Å². The van der Waals surface area contributed by atoms with E-state index in [1.807, 2.05) is 37.4 Å². The third-order valence-corrected chi connectivity index (χ3v) is 11.5. The molecule has 2 fully saturated rings. The molecule has 3 aromatic rings. The van der Waals surface area contributed by atoms with Gasteiger partial charge in [0, 0.05) is 97.1 Å². The molecule has 0 aliphatic carbocycles. The van der Waals surface area contributed by atoms with Gasteiger partial charge in [-0.3, -0.25) is 29.0 Å². The minimum atomic E-state index is -4.88. The van der Waals surface area contributed by atoms with Gasteiger partial charge >= 0.3 is 6.18 Å². The molecular formula is C45H63F3N8O4. The normalized spacial score (nSPS) is 15.6. The van der Waals surface area contributed by atoms with E-state index in [0.717, 1.165) is 114 Å². The van der Waals surface area contributed by atoms with E-state index in [2.05, 4.69) is 47.3 Å². The van der Waals surface area contributed by atoms with Crippen molar-refractivity contribution in [2.24, 2.45) is 5.73 Å². The lowest BCUT2D eigenvalue weighted by Crippen LogP contribution is -2.48. The molecule has 0 bridgehead atoms. The van der Waals surface area contributed by atoms with Gasteiger partial charge in [0.1, 0.15) is 0 Å². The van der Waals surface area contributed by atoms with Crippen LogP contribution in [0.4, 0.5) is 24.5 Å². The molecule has 2 saturated heterocycles. The number of benzene rings is 2. The number of carbonyl (C=O) groups is 3. The molecular weight excluding hydrogens is 774 g/mol. The van der Waals surface area contributed by atoms with E-state index in [9.17, 15) is 32.3 Å². The highest BCUT2D eigenvalue weighted by Gasteiger charge is 2.36. The van der Waals surface area contributed by atoms with Gasteiger partial charge in [0.05, 0.1) is 22.5 Å². The lowest BCUT2D eigenvalue weighted by molar-refractivity contribution is -0.138. The molecule has 0 unspecified atom stereocenters. The van der Waals surface area contributed by atoms with E-state index in [0.29, 0.717) is 49.9 Å². The third-order valence-electron chi connectivity index (χ3n) is 11.5. The summed E-state index contributed by atoms with van der Waals surface area (Å²) in [5, 5.41) is 5.84. The Kier molecular flexibility index (Phi) is 18.0. The van der Waals surface area contributed by atoms with E-state index >= 15 is 0 Å². The van der Waals surface area contributed by atoms with Crippen LogP contribution in [0.15, 0.2) is 59.5 Å². The van der Waals surface area contributed by atoms with Crippen LogP contribution in [0.1, 0.15) is 98.5 Å². The number of H-pyrrole nitrogens is 1. The Hall–Kier alpha value is -4.73. The van der Waals surface area contributed by atoms with E-state index in [1.165, 1.54) is 25.7 Å². The summed E-state index contributed by atoms with van der Waals surface area (Å²) in [5.41, 5.74) is 6.26. The largest absolute Gasteiger partial charge is 0.417 e. The number of rotatable bonds is 22. The molecule has 15 heteroatoms. The fourth-order valence-corrected chi connectivity index (χ4v) is 7.94. The third kappa shape index (κ3) is 15.1. The number of unbranched alkanes of at least 4 members (excludes halogenated alkanes) is 9. The summed E-state index contributed by atoms with van der Waals surface area (Å²) in [6, 6.07) is 14.3. The Morgan fingerprint density at radius 3 is 2.02 bits per heavy atom. The molecule has 0 radical (unpaired) electrons. The molecule has 0 saturated carbocycles. The van der Waals surface area contributed by atoms with Gasteiger partial charge in [0.2, 0.25) is 17.4 Å². The Bertz CT molecular complexity index is 1910.